The molecule has 1 atom stereocenters. The van der Waals surface area contributed by atoms with Crippen LogP contribution < -0.4 is 5.32 Å². The lowest BCUT2D eigenvalue weighted by molar-refractivity contribution is 0.437. The van der Waals surface area contributed by atoms with Crippen molar-refractivity contribution in [3.05, 3.63) is 5.82 Å². The third kappa shape index (κ3) is 3.98. The predicted octanol–water partition coefficient (Wildman–Crippen LogP) is 0.724. The van der Waals surface area contributed by atoms with Crippen LogP contribution in [0.4, 0.5) is 0 Å². The Bertz CT molecular complexity index is 218. The summed E-state index contributed by atoms with van der Waals surface area (Å²) in [7, 11) is 0. The highest BCUT2D eigenvalue weighted by Gasteiger charge is 2.05. The van der Waals surface area contributed by atoms with Crippen LogP contribution in [-0.4, -0.2) is 26.7 Å². The zero-order valence-electron chi connectivity index (χ0n) is 8.41. The molecule has 1 aromatic rings. The first-order valence-corrected chi connectivity index (χ1v) is 4.64. The molecule has 5 nitrogen and oxygen atoms in total. The largest absolute Gasteiger partial charge is 0.307 e. The van der Waals surface area contributed by atoms with Gasteiger partial charge in [0.25, 0.3) is 0 Å². The van der Waals surface area contributed by atoms with Gasteiger partial charge in [0.15, 0.2) is 5.82 Å². The fourth-order valence-electron chi connectivity index (χ4n) is 1.31. The highest BCUT2D eigenvalue weighted by atomic mass is 15.5. The molecule has 1 rings (SSSR count). The Labute approximate surface area is 78.3 Å². The second-order valence-corrected chi connectivity index (χ2v) is 3.74. The van der Waals surface area contributed by atoms with Crippen LogP contribution in [0.3, 0.4) is 0 Å². The van der Waals surface area contributed by atoms with Crippen molar-refractivity contribution in [1.29, 1.82) is 0 Å². The van der Waals surface area contributed by atoms with Crippen molar-refractivity contribution in [2.75, 3.05) is 0 Å². The van der Waals surface area contributed by atoms with E-state index >= 15 is 0 Å². The first-order valence-electron chi connectivity index (χ1n) is 4.64. The molecule has 2 N–H and O–H groups in total. The Morgan fingerprint density at radius 3 is 2.69 bits per heavy atom. The summed E-state index contributed by atoms with van der Waals surface area (Å²) in [6.07, 6.45) is 1.16. The molecule has 1 heterocycles. The summed E-state index contributed by atoms with van der Waals surface area (Å²) >= 11 is 0. The van der Waals surface area contributed by atoms with Crippen molar-refractivity contribution in [2.45, 2.75) is 39.8 Å². The van der Waals surface area contributed by atoms with Crippen LogP contribution in [0.15, 0.2) is 0 Å². The lowest BCUT2D eigenvalue weighted by Crippen LogP contribution is -2.27. The minimum absolute atomic E-state index is 0.499. The maximum Gasteiger partial charge on any atom is 0.188 e. The van der Waals surface area contributed by atoms with Crippen LogP contribution >= 0.6 is 0 Å². The number of hydrogen-bond acceptors (Lipinski definition) is 4. The maximum atomic E-state index is 3.86. The summed E-state index contributed by atoms with van der Waals surface area (Å²) < 4.78 is 0. The van der Waals surface area contributed by atoms with Gasteiger partial charge in [0.05, 0.1) is 6.54 Å². The van der Waals surface area contributed by atoms with Crippen LogP contribution in [0.5, 0.6) is 0 Å². The van der Waals surface area contributed by atoms with E-state index in [1.165, 1.54) is 0 Å². The lowest BCUT2D eigenvalue weighted by atomic mass is 10.1. The van der Waals surface area contributed by atoms with E-state index < -0.39 is 0 Å². The highest BCUT2D eigenvalue weighted by molar-refractivity contribution is 4.76. The number of hydrogen-bond donors (Lipinski definition) is 2. The fraction of sp³-hybridized carbons (Fsp3) is 0.875. The van der Waals surface area contributed by atoms with Gasteiger partial charge in [-0.15, -0.1) is 10.2 Å². The quantitative estimate of drug-likeness (QED) is 0.706. The fourth-order valence-corrected chi connectivity index (χ4v) is 1.31. The molecule has 0 aliphatic carbocycles. The molecule has 0 radical (unpaired) electrons. The van der Waals surface area contributed by atoms with Gasteiger partial charge in [-0.25, -0.2) is 0 Å². The minimum atomic E-state index is 0.499. The normalized spacial score (nSPS) is 13.5. The molecule has 0 aliphatic heterocycles. The number of H-pyrrole nitrogens is 1. The summed E-state index contributed by atoms with van der Waals surface area (Å²) in [6, 6.07) is 0.499. The molecule has 1 unspecified atom stereocenters. The van der Waals surface area contributed by atoms with Crippen LogP contribution in [0, 0.1) is 5.92 Å². The molecule has 0 spiro atoms. The monoisotopic (exact) mass is 183 g/mol. The number of aromatic amines is 1. The molecule has 0 saturated carbocycles. The molecular weight excluding hydrogens is 166 g/mol. The SMILES string of the molecule is CC(C)CC(C)NCc1nn[nH]n1. The van der Waals surface area contributed by atoms with E-state index in [4.69, 9.17) is 0 Å². The van der Waals surface area contributed by atoms with Crippen molar-refractivity contribution < 1.29 is 0 Å². The first kappa shape index (κ1) is 10.1. The van der Waals surface area contributed by atoms with E-state index in [2.05, 4.69) is 46.7 Å². The van der Waals surface area contributed by atoms with Crippen molar-refractivity contribution in [2.24, 2.45) is 5.92 Å². The van der Waals surface area contributed by atoms with Gasteiger partial charge < -0.3 is 5.32 Å². The third-order valence-corrected chi connectivity index (χ3v) is 1.82. The Morgan fingerprint density at radius 2 is 2.15 bits per heavy atom. The molecule has 0 amide bonds. The Hall–Kier alpha value is -0.970. The summed E-state index contributed by atoms with van der Waals surface area (Å²) in [5.74, 6) is 1.43. The van der Waals surface area contributed by atoms with E-state index in [9.17, 15) is 0 Å². The minimum Gasteiger partial charge on any atom is -0.307 e. The molecule has 0 bridgehead atoms. The van der Waals surface area contributed by atoms with E-state index in [1.807, 2.05) is 0 Å². The molecule has 0 aliphatic rings. The summed E-state index contributed by atoms with van der Waals surface area (Å²) in [5.41, 5.74) is 0. The van der Waals surface area contributed by atoms with E-state index in [0.29, 0.717) is 18.5 Å². The lowest BCUT2D eigenvalue weighted by Gasteiger charge is -2.14. The number of tetrazole rings is 1. The summed E-state index contributed by atoms with van der Waals surface area (Å²) in [4.78, 5) is 0. The zero-order valence-corrected chi connectivity index (χ0v) is 8.41. The van der Waals surface area contributed by atoms with Gasteiger partial charge in [-0.3, -0.25) is 0 Å². The van der Waals surface area contributed by atoms with Crippen molar-refractivity contribution in [1.82, 2.24) is 25.9 Å². The van der Waals surface area contributed by atoms with Gasteiger partial charge >= 0.3 is 0 Å². The molecule has 74 valence electrons. The summed E-state index contributed by atoms with van der Waals surface area (Å²) in [6.45, 7) is 7.28. The van der Waals surface area contributed by atoms with Gasteiger partial charge in [-0.1, -0.05) is 19.1 Å². The Balaban J connectivity index is 2.19. The number of aromatic nitrogens is 4. The molecule has 0 saturated heterocycles. The zero-order chi connectivity index (χ0) is 9.68. The van der Waals surface area contributed by atoms with Gasteiger partial charge in [-0.05, 0) is 19.3 Å². The first-order chi connectivity index (χ1) is 6.18. The Morgan fingerprint density at radius 1 is 1.38 bits per heavy atom. The van der Waals surface area contributed by atoms with Gasteiger partial charge in [0, 0.05) is 6.04 Å². The number of nitrogens with one attached hydrogen (secondary N) is 2. The van der Waals surface area contributed by atoms with Crippen molar-refractivity contribution in [3.8, 4) is 0 Å². The summed E-state index contributed by atoms with van der Waals surface area (Å²) in [5, 5.41) is 17.0. The predicted molar refractivity (Wildman–Crippen MR) is 49.9 cm³/mol. The molecular formula is C8H17N5. The second-order valence-electron chi connectivity index (χ2n) is 3.74. The van der Waals surface area contributed by atoms with Crippen LogP contribution in [0.1, 0.15) is 33.0 Å². The van der Waals surface area contributed by atoms with E-state index in [0.717, 1.165) is 12.2 Å². The van der Waals surface area contributed by atoms with Gasteiger partial charge in [-0.2, -0.15) is 5.21 Å². The molecule has 13 heavy (non-hydrogen) atoms. The molecule has 5 heteroatoms. The van der Waals surface area contributed by atoms with E-state index in [1.54, 1.807) is 0 Å². The molecule has 0 fully saturated rings. The van der Waals surface area contributed by atoms with Gasteiger partial charge in [0.1, 0.15) is 0 Å². The highest BCUT2D eigenvalue weighted by Crippen LogP contribution is 2.03. The van der Waals surface area contributed by atoms with Crippen molar-refractivity contribution >= 4 is 0 Å². The maximum absolute atomic E-state index is 3.86. The average Bonchev–Trinajstić information content (AvgIpc) is 2.51. The van der Waals surface area contributed by atoms with Crippen LogP contribution in [0.25, 0.3) is 0 Å². The molecule has 1 aromatic heterocycles. The van der Waals surface area contributed by atoms with Gasteiger partial charge in [0.2, 0.25) is 0 Å². The third-order valence-electron chi connectivity index (χ3n) is 1.82. The standard InChI is InChI=1S/C8H17N5/c1-6(2)4-7(3)9-5-8-10-12-13-11-8/h6-7,9H,4-5H2,1-3H3,(H,10,11,12,13). The number of rotatable bonds is 5. The molecule has 0 aromatic carbocycles. The topological polar surface area (TPSA) is 66.5 Å². The average molecular weight is 183 g/mol. The smallest absolute Gasteiger partial charge is 0.188 e. The number of nitrogens with zero attached hydrogens (tertiary/aromatic N) is 3. The van der Waals surface area contributed by atoms with Crippen LogP contribution in [-0.2, 0) is 6.54 Å². The van der Waals surface area contributed by atoms with Crippen molar-refractivity contribution in [3.63, 3.8) is 0 Å². The second kappa shape index (κ2) is 4.91. The Kier molecular flexibility index (Phi) is 3.82. The van der Waals surface area contributed by atoms with Crippen LogP contribution in [0.2, 0.25) is 0 Å². The van der Waals surface area contributed by atoms with E-state index in [-0.39, 0.29) is 0 Å².